The molecule has 0 spiro atoms. The molecule has 0 aromatic heterocycles. The minimum Gasteiger partial charge on any atom is -0.496 e. The third kappa shape index (κ3) is 5.30. The fourth-order valence-electron chi connectivity index (χ4n) is 1.46. The highest BCUT2D eigenvalue weighted by Crippen LogP contribution is 2.29. The molecule has 2 N–H and O–H groups in total. The Labute approximate surface area is 124 Å². The number of carboxylic acids is 1. The molecule has 9 heteroatoms. The number of thioether (sulfide) groups is 1. The number of nitro groups is 1. The SMILES string of the molecule is COc1cc(SC[C@H](NC(C)=O)C(=O)O)cc([N+](=O)[O-])c1. The van der Waals surface area contributed by atoms with Crippen LogP contribution >= 0.6 is 11.8 Å². The molecule has 21 heavy (non-hydrogen) atoms. The van der Waals surface area contributed by atoms with Crippen molar-refractivity contribution in [2.75, 3.05) is 12.9 Å². The van der Waals surface area contributed by atoms with Gasteiger partial charge in [0.2, 0.25) is 5.91 Å². The lowest BCUT2D eigenvalue weighted by Gasteiger charge is -2.13. The molecule has 0 saturated carbocycles. The quantitative estimate of drug-likeness (QED) is 0.442. The van der Waals surface area contributed by atoms with E-state index in [2.05, 4.69) is 5.32 Å². The van der Waals surface area contributed by atoms with Crippen LogP contribution in [-0.4, -0.2) is 40.8 Å². The fourth-order valence-corrected chi connectivity index (χ4v) is 2.45. The fraction of sp³-hybridized carbons (Fsp3) is 0.333. The molecule has 0 aliphatic rings. The van der Waals surface area contributed by atoms with E-state index in [1.807, 2.05) is 0 Å². The zero-order valence-electron chi connectivity index (χ0n) is 11.4. The highest BCUT2D eigenvalue weighted by atomic mass is 32.2. The van der Waals surface area contributed by atoms with Crippen molar-refractivity contribution in [3.8, 4) is 5.75 Å². The zero-order chi connectivity index (χ0) is 16.0. The summed E-state index contributed by atoms with van der Waals surface area (Å²) in [4.78, 5) is 32.6. The van der Waals surface area contributed by atoms with Gasteiger partial charge in [0, 0.05) is 23.6 Å². The molecule has 1 amide bonds. The van der Waals surface area contributed by atoms with Gasteiger partial charge in [-0.15, -0.1) is 11.8 Å². The summed E-state index contributed by atoms with van der Waals surface area (Å²) in [6.07, 6.45) is 0. The van der Waals surface area contributed by atoms with E-state index in [4.69, 9.17) is 9.84 Å². The first-order valence-corrected chi connectivity index (χ1v) is 6.78. The molecule has 1 rings (SSSR count). The summed E-state index contributed by atoms with van der Waals surface area (Å²) in [7, 11) is 1.38. The molecule has 1 aromatic carbocycles. The molecule has 0 unspecified atom stereocenters. The third-order valence-corrected chi connectivity index (χ3v) is 3.47. The zero-order valence-corrected chi connectivity index (χ0v) is 12.2. The molecule has 8 nitrogen and oxygen atoms in total. The molecule has 1 aromatic rings. The lowest BCUT2D eigenvalue weighted by atomic mass is 10.3. The van der Waals surface area contributed by atoms with Crippen LogP contribution < -0.4 is 10.1 Å². The normalized spacial score (nSPS) is 11.5. The number of nitro benzene ring substituents is 1. The van der Waals surface area contributed by atoms with Crippen molar-refractivity contribution in [3.05, 3.63) is 28.3 Å². The van der Waals surface area contributed by atoms with Gasteiger partial charge in [-0.2, -0.15) is 0 Å². The third-order valence-electron chi connectivity index (χ3n) is 2.40. The second-order valence-electron chi connectivity index (χ2n) is 4.03. The Morgan fingerprint density at radius 3 is 2.62 bits per heavy atom. The number of hydrogen-bond donors (Lipinski definition) is 2. The van der Waals surface area contributed by atoms with E-state index in [0.717, 1.165) is 11.8 Å². The number of methoxy groups -OCH3 is 1. The molecule has 114 valence electrons. The van der Waals surface area contributed by atoms with Crippen LogP contribution in [0.15, 0.2) is 23.1 Å². The van der Waals surface area contributed by atoms with E-state index in [1.54, 1.807) is 6.07 Å². The van der Waals surface area contributed by atoms with Crippen LogP contribution in [0.3, 0.4) is 0 Å². The van der Waals surface area contributed by atoms with Gasteiger partial charge in [-0.05, 0) is 6.07 Å². The van der Waals surface area contributed by atoms with Crippen molar-refractivity contribution in [1.82, 2.24) is 5.32 Å². The van der Waals surface area contributed by atoms with Crippen molar-refractivity contribution in [3.63, 3.8) is 0 Å². The summed E-state index contributed by atoms with van der Waals surface area (Å²) in [5, 5.41) is 22.1. The first-order chi connectivity index (χ1) is 9.83. The summed E-state index contributed by atoms with van der Waals surface area (Å²) < 4.78 is 4.96. The Morgan fingerprint density at radius 1 is 1.48 bits per heavy atom. The highest BCUT2D eigenvalue weighted by molar-refractivity contribution is 7.99. The number of benzene rings is 1. The lowest BCUT2D eigenvalue weighted by Crippen LogP contribution is -2.41. The van der Waals surface area contributed by atoms with Crippen LogP contribution in [0.4, 0.5) is 5.69 Å². The summed E-state index contributed by atoms with van der Waals surface area (Å²) >= 11 is 1.08. The number of aliphatic carboxylic acids is 1. The second-order valence-corrected chi connectivity index (χ2v) is 5.12. The number of nitrogens with zero attached hydrogens (tertiary/aromatic N) is 1. The van der Waals surface area contributed by atoms with Crippen molar-refractivity contribution in [2.24, 2.45) is 0 Å². The molecule has 0 aliphatic heterocycles. The van der Waals surface area contributed by atoms with Crippen molar-refractivity contribution in [1.29, 1.82) is 0 Å². The number of carboxylic acid groups (broad SMARTS) is 1. The Kier molecular flexibility index (Phi) is 5.97. The van der Waals surface area contributed by atoms with E-state index in [9.17, 15) is 19.7 Å². The van der Waals surface area contributed by atoms with E-state index >= 15 is 0 Å². The Bertz CT molecular complexity index is 563. The largest absolute Gasteiger partial charge is 0.496 e. The maximum Gasteiger partial charge on any atom is 0.327 e. The molecule has 1 atom stereocenters. The summed E-state index contributed by atoms with van der Waals surface area (Å²) in [6, 6.07) is 3.08. The van der Waals surface area contributed by atoms with Crippen molar-refractivity contribution < 1.29 is 24.4 Å². The van der Waals surface area contributed by atoms with E-state index in [-0.39, 0.29) is 11.4 Å². The van der Waals surface area contributed by atoms with Gasteiger partial charge in [0.25, 0.3) is 5.69 Å². The van der Waals surface area contributed by atoms with Gasteiger partial charge in [0.05, 0.1) is 18.1 Å². The van der Waals surface area contributed by atoms with Gasteiger partial charge in [-0.3, -0.25) is 14.9 Å². The van der Waals surface area contributed by atoms with Gasteiger partial charge in [-0.25, -0.2) is 4.79 Å². The van der Waals surface area contributed by atoms with Crippen LogP contribution in [0.1, 0.15) is 6.92 Å². The van der Waals surface area contributed by atoms with Crippen LogP contribution in [0.25, 0.3) is 0 Å². The Hall–Kier alpha value is -2.29. The Balaban J connectivity index is 2.86. The van der Waals surface area contributed by atoms with E-state index in [0.29, 0.717) is 10.6 Å². The van der Waals surface area contributed by atoms with Crippen LogP contribution in [0, 0.1) is 10.1 Å². The van der Waals surface area contributed by atoms with Crippen LogP contribution in [0.5, 0.6) is 5.75 Å². The minimum atomic E-state index is -1.17. The number of ether oxygens (including phenoxy) is 1. The van der Waals surface area contributed by atoms with Gasteiger partial charge < -0.3 is 15.2 Å². The van der Waals surface area contributed by atoms with Gasteiger partial charge in [-0.1, -0.05) is 0 Å². The predicted molar refractivity (Wildman–Crippen MR) is 75.6 cm³/mol. The van der Waals surface area contributed by atoms with Crippen molar-refractivity contribution >= 4 is 29.3 Å². The minimum absolute atomic E-state index is 0.0409. The van der Waals surface area contributed by atoms with E-state index < -0.39 is 22.8 Å². The molecule has 0 heterocycles. The highest BCUT2D eigenvalue weighted by Gasteiger charge is 2.19. The molecular formula is C12H14N2O6S. The van der Waals surface area contributed by atoms with Gasteiger partial charge >= 0.3 is 5.97 Å². The molecule has 0 bridgehead atoms. The number of rotatable bonds is 7. The van der Waals surface area contributed by atoms with Crippen molar-refractivity contribution in [2.45, 2.75) is 17.9 Å². The summed E-state index contributed by atoms with van der Waals surface area (Å²) in [6.45, 7) is 1.22. The van der Waals surface area contributed by atoms with Crippen LogP contribution in [-0.2, 0) is 9.59 Å². The molecular weight excluding hydrogens is 300 g/mol. The number of carbonyl (C=O) groups excluding carboxylic acids is 1. The number of amides is 1. The standard InChI is InChI=1S/C12H14N2O6S/c1-7(15)13-11(12(16)17)6-21-10-4-8(14(18)19)3-9(5-10)20-2/h3-5,11H,6H2,1-2H3,(H,13,15)(H,16,17)/t11-/m0/s1. The molecule has 0 radical (unpaired) electrons. The summed E-state index contributed by atoms with van der Waals surface area (Å²) in [5.41, 5.74) is -0.150. The predicted octanol–water partition coefficient (Wildman–Crippen LogP) is 1.28. The number of non-ortho nitro benzene ring substituents is 1. The molecule has 0 saturated heterocycles. The smallest absolute Gasteiger partial charge is 0.327 e. The van der Waals surface area contributed by atoms with Crippen LogP contribution in [0.2, 0.25) is 0 Å². The average Bonchev–Trinajstić information content (AvgIpc) is 2.42. The van der Waals surface area contributed by atoms with Gasteiger partial charge in [0.1, 0.15) is 11.8 Å². The van der Waals surface area contributed by atoms with E-state index in [1.165, 1.54) is 26.2 Å². The van der Waals surface area contributed by atoms with Gasteiger partial charge in [0.15, 0.2) is 0 Å². The average molecular weight is 314 g/mol. The Morgan fingerprint density at radius 2 is 2.14 bits per heavy atom. The lowest BCUT2D eigenvalue weighted by molar-refractivity contribution is -0.385. The maximum atomic E-state index is 11.0. The maximum absolute atomic E-state index is 11.0. The first-order valence-electron chi connectivity index (χ1n) is 5.79. The number of nitrogens with one attached hydrogen (secondary N) is 1. The molecule has 0 fully saturated rings. The monoisotopic (exact) mass is 314 g/mol. The number of hydrogen-bond acceptors (Lipinski definition) is 6. The summed E-state index contributed by atoms with van der Waals surface area (Å²) in [5.74, 6) is -1.29. The second kappa shape index (κ2) is 7.48. The first kappa shape index (κ1) is 16.8. The molecule has 0 aliphatic carbocycles. The number of carbonyl (C=O) groups is 2. The topological polar surface area (TPSA) is 119 Å².